The minimum Gasteiger partial charge on any atom is -0.332 e. The van der Waals surface area contributed by atoms with Gasteiger partial charge in [-0.15, -0.1) is 0 Å². The predicted octanol–water partition coefficient (Wildman–Crippen LogP) is 2.10. The summed E-state index contributed by atoms with van der Waals surface area (Å²) in [7, 11) is 0. The molecule has 2 aromatic heterocycles. The van der Waals surface area contributed by atoms with Gasteiger partial charge in [0.2, 0.25) is 0 Å². The van der Waals surface area contributed by atoms with E-state index < -0.39 is 0 Å². The van der Waals surface area contributed by atoms with Crippen LogP contribution in [0.2, 0.25) is 0 Å². The van der Waals surface area contributed by atoms with E-state index in [9.17, 15) is 0 Å². The number of nitrogens with zero attached hydrogens (tertiary/aromatic N) is 3. The topological polar surface area (TPSA) is 77.8 Å². The Balaban J connectivity index is 2.30. The lowest BCUT2D eigenvalue weighted by Crippen LogP contribution is -2.18. The molecule has 0 aliphatic rings. The molecule has 0 saturated heterocycles. The SMILES string of the molecule is Cc1cccc(-c2nc(C(N)C(C)C)no2)n1. The molecule has 90 valence electrons. The Morgan fingerprint density at radius 2 is 2.00 bits per heavy atom. The zero-order chi connectivity index (χ0) is 12.4. The van der Waals surface area contributed by atoms with Crippen LogP contribution in [-0.4, -0.2) is 15.1 Å². The number of aromatic nitrogens is 3. The minimum absolute atomic E-state index is 0.211. The van der Waals surface area contributed by atoms with Gasteiger partial charge >= 0.3 is 0 Å². The Hall–Kier alpha value is -1.75. The van der Waals surface area contributed by atoms with Gasteiger partial charge in [-0.05, 0) is 25.0 Å². The molecule has 2 heterocycles. The second-order valence-electron chi connectivity index (χ2n) is 4.39. The van der Waals surface area contributed by atoms with Gasteiger partial charge in [0, 0.05) is 5.69 Å². The Morgan fingerprint density at radius 3 is 2.65 bits per heavy atom. The van der Waals surface area contributed by atoms with Gasteiger partial charge in [-0.25, -0.2) is 4.98 Å². The molecular weight excluding hydrogens is 216 g/mol. The van der Waals surface area contributed by atoms with Gasteiger partial charge in [0.1, 0.15) is 5.69 Å². The number of hydrogen-bond acceptors (Lipinski definition) is 5. The molecule has 1 unspecified atom stereocenters. The third kappa shape index (κ3) is 2.50. The summed E-state index contributed by atoms with van der Waals surface area (Å²) in [6, 6.07) is 5.45. The van der Waals surface area contributed by atoms with E-state index in [0.717, 1.165) is 5.69 Å². The smallest absolute Gasteiger partial charge is 0.276 e. The molecule has 1 atom stereocenters. The van der Waals surface area contributed by atoms with Gasteiger partial charge in [-0.1, -0.05) is 25.1 Å². The van der Waals surface area contributed by atoms with Crippen LogP contribution in [0.5, 0.6) is 0 Å². The number of rotatable bonds is 3. The summed E-state index contributed by atoms with van der Waals surface area (Å²) < 4.78 is 5.17. The lowest BCUT2D eigenvalue weighted by Gasteiger charge is -2.09. The van der Waals surface area contributed by atoms with E-state index in [4.69, 9.17) is 10.3 Å². The van der Waals surface area contributed by atoms with Crippen molar-refractivity contribution >= 4 is 0 Å². The number of hydrogen-bond donors (Lipinski definition) is 1. The number of nitrogens with two attached hydrogens (primary N) is 1. The average Bonchev–Trinajstić information content (AvgIpc) is 2.77. The molecule has 0 saturated carbocycles. The highest BCUT2D eigenvalue weighted by Crippen LogP contribution is 2.20. The third-order valence-corrected chi connectivity index (χ3v) is 2.57. The first-order valence-corrected chi connectivity index (χ1v) is 5.61. The van der Waals surface area contributed by atoms with E-state index in [2.05, 4.69) is 15.1 Å². The zero-order valence-electron chi connectivity index (χ0n) is 10.2. The second kappa shape index (κ2) is 4.63. The van der Waals surface area contributed by atoms with E-state index >= 15 is 0 Å². The Bertz CT molecular complexity index is 507. The van der Waals surface area contributed by atoms with Crippen molar-refractivity contribution in [2.24, 2.45) is 11.7 Å². The number of aryl methyl sites for hydroxylation is 1. The summed E-state index contributed by atoms with van der Waals surface area (Å²) >= 11 is 0. The Kier molecular flexibility index (Phi) is 3.19. The molecule has 2 aromatic rings. The first-order chi connectivity index (χ1) is 8.08. The van der Waals surface area contributed by atoms with Crippen LogP contribution < -0.4 is 5.73 Å². The van der Waals surface area contributed by atoms with Gasteiger partial charge in [0.15, 0.2) is 5.82 Å². The van der Waals surface area contributed by atoms with E-state index in [1.165, 1.54) is 0 Å². The van der Waals surface area contributed by atoms with Crippen molar-refractivity contribution in [2.75, 3.05) is 0 Å². The molecule has 2 N–H and O–H groups in total. The summed E-state index contributed by atoms with van der Waals surface area (Å²) in [5.74, 6) is 1.21. The van der Waals surface area contributed by atoms with Crippen LogP contribution in [0.15, 0.2) is 22.7 Å². The summed E-state index contributed by atoms with van der Waals surface area (Å²) in [5, 5.41) is 3.89. The Labute approximate surface area is 100 Å². The molecule has 17 heavy (non-hydrogen) atoms. The van der Waals surface area contributed by atoms with Crippen LogP contribution >= 0.6 is 0 Å². The van der Waals surface area contributed by atoms with Gasteiger partial charge in [-0.3, -0.25) is 0 Å². The maximum atomic E-state index is 5.95. The first-order valence-electron chi connectivity index (χ1n) is 5.61. The van der Waals surface area contributed by atoms with Gasteiger partial charge < -0.3 is 10.3 Å². The zero-order valence-corrected chi connectivity index (χ0v) is 10.2. The van der Waals surface area contributed by atoms with Crippen molar-refractivity contribution in [2.45, 2.75) is 26.8 Å². The normalized spacial score (nSPS) is 13.0. The largest absolute Gasteiger partial charge is 0.332 e. The maximum absolute atomic E-state index is 5.95. The van der Waals surface area contributed by atoms with E-state index in [1.54, 1.807) is 0 Å². The van der Waals surface area contributed by atoms with Crippen molar-refractivity contribution in [1.82, 2.24) is 15.1 Å². The van der Waals surface area contributed by atoms with Crippen LogP contribution in [0, 0.1) is 12.8 Å². The van der Waals surface area contributed by atoms with Crippen molar-refractivity contribution in [3.63, 3.8) is 0 Å². The van der Waals surface area contributed by atoms with E-state index in [0.29, 0.717) is 17.4 Å². The first kappa shape index (κ1) is 11.7. The molecule has 0 fully saturated rings. The molecule has 0 spiro atoms. The van der Waals surface area contributed by atoms with Crippen molar-refractivity contribution in [3.8, 4) is 11.6 Å². The highest BCUT2D eigenvalue weighted by atomic mass is 16.5. The van der Waals surface area contributed by atoms with Crippen LogP contribution in [0.25, 0.3) is 11.6 Å². The quantitative estimate of drug-likeness (QED) is 0.876. The second-order valence-corrected chi connectivity index (χ2v) is 4.39. The fraction of sp³-hybridized carbons (Fsp3) is 0.417. The molecule has 2 rings (SSSR count). The molecule has 0 aromatic carbocycles. The molecular formula is C12H16N4O. The molecule has 0 aliphatic carbocycles. The van der Waals surface area contributed by atoms with Crippen LogP contribution in [-0.2, 0) is 0 Å². The third-order valence-electron chi connectivity index (χ3n) is 2.57. The molecule has 5 heteroatoms. The van der Waals surface area contributed by atoms with E-state index in [1.807, 2.05) is 39.0 Å². The summed E-state index contributed by atoms with van der Waals surface area (Å²) in [6.45, 7) is 5.96. The summed E-state index contributed by atoms with van der Waals surface area (Å²) in [6.07, 6.45) is 0. The lowest BCUT2D eigenvalue weighted by molar-refractivity contribution is 0.399. The predicted molar refractivity (Wildman–Crippen MR) is 64.0 cm³/mol. The van der Waals surface area contributed by atoms with Gasteiger partial charge in [0.05, 0.1) is 6.04 Å². The average molecular weight is 232 g/mol. The van der Waals surface area contributed by atoms with Crippen LogP contribution in [0.3, 0.4) is 0 Å². The van der Waals surface area contributed by atoms with Crippen molar-refractivity contribution in [1.29, 1.82) is 0 Å². The fourth-order valence-electron chi connectivity index (χ4n) is 1.43. The van der Waals surface area contributed by atoms with Crippen LogP contribution in [0.4, 0.5) is 0 Å². The standard InChI is InChI=1S/C12H16N4O/c1-7(2)10(13)11-15-12(17-16-11)9-6-4-5-8(3)14-9/h4-7,10H,13H2,1-3H3. The highest BCUT2D eigenvalue weighted by molar-refractivity contribution is 5.46. The number of pyridine rings is 1. The van der Waals surface area contributed by atoms with Crippen molar-refractivity contribution in [3.05, 3.63) is 29.7 Å². The highest BCUT2D eigenvalue weighted by Gasteiger charge is 2.18. The maximum Gasteiger partial charge on any atom is 0.276 e. The molecule has 0 aliphatic heterocycles. The molecule has 0 amide bonds. The van der Waals surface area contributed by atoms with Gasteiger partial charge in [0.25, 0.3) is 5.89 Å². The van der Waals surface area contributed by atoms with Crippen LogP contribution in [0.1, 0.15) is 31.4 Å². The van der Waals surface area contributed by atoms with Crippen molar-refractivity contribution < 1.29 is 4.52 Å². The lowest BCUT2D eigenvalue weighted by atomic mass is 10.1. The summed E-state index contributed by atoms with van der Waals surface area (Å²) in [4.78, 5) is 8.60. The fourth-order valence-corrected chi connectivity index (χ4v) is 1.43. The molecule has 0 radical (unpaired) electrons. The van der Waals surface area contributed by atoms with E-state index in [-0.39, 0.29) is 12.0 Å². The minimum atomic E-state index is -0.211. The monoisotopic (exact) mass is 232 g/mol. The molecule has 0 bridgehead atoms. The molecule has 5 nitrogen and oxygen atoms in total. The van der Waals surface area contributed by atoms with Gasteiger partial charge in [-0.2, -0.15) is 4.98 Å². The Morgan fingerprint density at radius 1 is 1.24 bits per heavy atom. The summed E-state index contributed by atoms with van der Waals surface area (Å²) in [5.41, 5.74) is 7.55.